The topological polar surface area (TPSA) is 75.7 Å². The molecule has 3 amide bonds. The van der Waals surface area contributed by atoms with E-state index >= 15 is 0 Å². The maximum atomic E-state index is 13.9. The van der Waals surface area contributed by atoms with Crippen molar-refractivity contribution in [1.29, 1.82) is 0 Å². The molecule has 1 N–H and O–H groups in total. The summed E-state index contributed by atoms with van der Waals surface area (Å²) in [5.74, 6) is -3.21. The van der Waals surface area contributed by atoms with Crippen LogP contribution in [0.3, 0.4) is 0 Å². The lowest BCUT2D eigenvalue weighted by Gasteiger charge is -2.22. The Morgan fingerprint density at radius 1 is 1.35 bits per heavy atom. The van der Waals surface area contributed by atoms with Crippen LogP contribution in [0.5, 0.6) is 0 Å². The number of amides is 3. The molecule has 0 radical (unpaired) electrons. The van der Waals surface area contributed by atoms with Crippen LogP contribution in [-0.4, -0.2) is 35.5 Å². The first-order valence-corrected chi connectivity index (χ1v) is 6.94. The highest BCUT2D eigenvalue weighted by molar-refractivity contribution is 6.08. The quantitative estimate of drug-likeness (QED) is 0.675. The van der Waals surface area contributed by atoms with Crippen molar-refractivity contribution < 1.29 is 27.9 Å². The van der Waals surface area contributed by atoms with E-state index in [1.54, 1.807) is 13.8 Å². The first-order valence-electron chi connectivity index (χ1n) is 6.94. The molecule has 1 heterocycles. The van der Waals surface area contributed by atoms with Gasteiger partial charge < -0.3 is 10.1 Å². The Kier molecular flexibility index (Phi) is 4.35. The first kappa shape index (κ1) is 16.9. The molecule has 1 fully saturated rings. The molecular formula is C15H16F2N2O4. The van der Waals surface area contributed by atoms with Crippen LogP contribution in [0.15, 0.2) is 18.2 Å². The summed E-state index contributed by atoms with van der Waals surface area (Å²) in [5.41, 5.74) is -2.10. The molecular weight excluding hydrogens is 310 g/mol. The van der Waals surface area contributed by atoms with Crippen LogP contribution < -0.4 is 5.32 Å². The maximum Gasteiger partial charge on any atom is 0.326 e. The number of nitrogens with one attached hydrogen (secondary N) is 1. The molecule has 0 unspecified atom stereocenters. The van der Waals surface area contributed by atoms with Gasteiger partial charge in [0.25, 0.3) is 5.91 Å². The number of imide groups is 1. The van der Waals surface area contributed by atoms with E-state index in [2.05, 4.69) is 5.32 Å². The molecule has 1 aliphatic heterocycles. The maximum absolute atomic E-state index is 13.9. The van der Waals surface area contributed by atoms with Crippen LogP contribution >= 0.6 is 0 Å². The Bertz CT molecular complexity index is 677. The minimum Gasteiger partial charge on any atom is -0.462 e. The standard InChI is InChI=1S/C15H16F2N2O4/c1-8(2)23-12(20)7-19-13(21)15(3,18-14(19)22)10-6-9(16)4-5-11(10)17/h4-6,8H,7H2,1-3H3,(H,18,22)/t15-/m1/s1. The zero-order valence-corrected chi connectivity index (χ0v) is 12.9. The van der Waals surface area contributed by atoms with Gasteiger partial charge >= 0.3 is 12.0 Å². The van der Waals surface area contributed by atoms with E-state index in [1.807, 2.05) is 0 Å². The molecule has 8 heteroatoms. The van der Waals surface area contributed by atoms with E-state index in [9.17, 15) is 23.2 Å². The van der Waals surface area contributed by atoms with Crippen LogP contribution in [0.25, 0.3) is 0 Å². The third-order valence-corrected chi connectivity index (χ3v) is 3.40. The summed E-state index contributed by atoms with van der Waals surface area (Å²) in [6.07, 6.45) is -0.407. The summed E-state index contributed by atoms with van der Waals surface area (Å²) in [7, 11) is 0. The molecule has 0 aliphatic carbocycles. The van der Waals surface area contributed by atoms with Crippen molar-refractivity contribution in [3.05, 3.63) is 35.4 Å². The van der Waals surface area contributed by atoms with Crippen molar-refractivity contribution in [2.24, 2.45) is 0 Å². The fourth-order valence-corrected chi connectivity index (χ4v) is 2.33. The number of hydrogen-bond donors (Lipinski definition) is 1. The number of carbonyl (C=O) groups excluding carboxylic acids is 3. The molecule has 23 heavy (non-hydrogen) atoms. The number of hydrogen-bond acceptors (Lipinski definition) is 4. The van der Waals surface area contributed by atoms with Gasteiger partial charge in [-0.05, 0) is 39.0 Å². The number of ether oxygens (including phenoxy) is 1. The van der Waals surface area contributed by atoms with Crippen molar-refractivity contribution in [3.8, 4) is 0 Å². The minimum atomic E-state index is -1.79. The second kappa shape index (κ2) is 5.94. The minimum absolute atomic E-state index is 0.310. The molecule has 0 saturated carbocycles. The van der Waals surface area contributed by atoms with Gasteiger partial charge in [0.2, 0.25) is 0 Å². The van der Waals surface area contributed by atoms with Gasteiger partial charge in [-0.3, -0.25) is 14.5 Å². The van der Waals surface area contributed by atoms with Gasteiger partial charge in [-0.25, -0.2) is 13.6 Å². The molecule has 124 valence electrons. The second-order valence-electron chi connectivity index (χ2n) is 5.61. The first-order chi connectivity index (χ1) is 10.6. The lowest BCUT2D eigenvalue weighted by atomic mass is 9.91. The molecule has 0 spiro atoms. The molecule has 1 aromatic carbocycles. The highest BCUT2D eigenvalue weighted by Gasteiger charge is 2.51. The predicted octanol–water partition coefficient (Wildman–Crippen LogP) is 1.68. The summed E-state index contributed by atoms with van der Waals surface area (Å²) in [6.45, 7) is 3.89. The van der Waals surface area contributed by atoms with Gasteiger partial charge in [0.05, 0.1) is 6.10 Å². The summed E-state index contributed by atoms with van der Waals surface area (Å²) in [4.78, 5) is 36.7. The second-order valence-corrected chi connectivity index (χ2v) is 5.61. The smallest absolute Gasteiger partial charge is 0.326 e. The molecule has 1 aromatic rings. The number of nitrogens with zero attached hydrogens (tertiary/aromatic N) is 1. The van der Waals surface area contributed by atoms with Crippen molar-refractivity contribution in [1.82, 2.24) is 10.2 Å². The monoisotopic (exact) mass is 326 g/mol. The number of halogens is 2. The highest BCUT2D eigenvalue weighted by Crippen LogP contribution is 2.31. The Labute approximate surface area is 131 Å². The van der Waals surface area contributed by atoms with Gasteiger partial charge in [0.1, 0.15) is 23.7 Å². The Hall–Kier alpha value is -2.51. The lowest BCUT2D eigenvalue weighted by Crippen LogP contribution is -2.42. The van der Waals surface area contributed by atoms with E-state index in [0.29, 0.717) is 4.90 Å². The van der Waals surface area contributed by atoms with Crippen molar-refractivity contribution >= 4 is 17.9 Å². The summed E-state index contributed by atoms with van der Waals surface area (Å²) in [5, 5.41) is 2.30. The predicted molar refractivity (Wildman–Crippen MR) is 75.2 cm³/mol. The molecule has 1 atom stereocenters. The molecule has 6 nitrogen and oxygen atoms in total. The molecule has 1 aliphatic rings. The summed E-state index contributed by atoms with van der Waals surface area (Å²) < 4.78 is 32.2. The third kappa shape index (κ3) is 3.15. The molecule has 1 saturated heterocycles. The SMILES string of the molecule is CC(C)OC(=O)CN1C(=O)N[C@](C)(c2cc(F)ccc2F)C1=O. The fraction of sp³-hybridized carbons (Fsp3) is 0.400. The van der Waals surface area contributed by atoms with E-state index in [0.717, 1.165) is 18.2 Å². The van der Waals surface area contributed by atoms with Crippen LogP contribution in [0.1, 0.15) is 26.3 Å². The van der Waals surface area contributed by atoms with Gasteiger partial charge in [-0.15, -0.1) is 0 Å². The van der Waals surface area contributed by atoms with Crippen LogP contribution in [0.4, 0.5) is 13.6 Å². The number of urea groups is 1. The zero-order valence-electron chi connectivity index (χ0n) is 12.9. The lowest BCUT2D eigenvalue weighted by molar-refractivity contribution is -0.150. The molecule has 0 bridgehead atoms. The largest absolute Gasteiger partial charge is 0.462 e. The normalized spacial score (nSPS) is 20.9. The number of carbonyl (C=O) groups is 3. The third-order valence-electron chi connectivity index (χ3n) is 3.40. The molecule has 0 aromatic heterocycles. The number of esters is 1. The van der Waals surface area contributed by atoms with E-state index < -0.39 is 47.7 Å². The van der Waals surface area contributed by atoms with Gasteiger partial charge in [-0.2, -0.15) is 0 Å². The van der Waals surface area contributed by atoms with Gasteiger partial charge in [0.15, 0.2) is 0 Å². The summed E-state index contributed by atoms with van der Waals surface area (Å²) >= 11 is 0. The van der Waals surface area contributed by atoms with Crippen LogP contribution in [-0.2, 0) is 19.9 Å². The summed E-state index contributed by atoms with van der Waals surface area (Å²) in [6, 6.07) is 1.73. The Morgan fingerprint density at radius 2 is 2.00 bits per heavy atom. The van der Waals surface area contributed by atoms with Gasteiger partial charge in [-0.1, -0.05) is 0 Å². The average Bonchev–Trinajstić information content (AvgIpc) is 2.65. The number of rotatable bonds is 4. The van der Waals surface area contributed by atoms with Crippen molar-refractivity contribution in [2.45, 2.75) is 32.4 Å². The number of benzene rings is 1. The highest BCUT2D eigenvalue weighted by atomic mass is 19.1. The average molecular weight is 326 g/mol. The van der Waals surface area contributed by atoms with Crippen LogP contribution in [0.2, 0.25) is 0 Å². The van der Waals surface area contributed by atoms with Crippen molar-refractivity contribution in [2.75, 3.05) is 6.54 Å². The van der Waals surface area contributed by atoms with Crippen molar-refractivity contribution in [3.63, 3.8) is 0 Å². The fourth-order valence-electron chi connectivity index (χ4n) is 2.33. The Balaban J connectivity index is 2.29. The van der Waals surface area contributed by atoms with E-state index in [-0.39, 0.29) is 5.56 Å². The van der Waals surface area contributed by atoms with E-state index in [1.165, 1.54) is 6.92 Å². The van der Waals surface area contributed by atoms with Crippen LogP contribution in [0, 0.1) is 11.6 Å². The van der Waals surface area contributed by atoms with E-state index in [4.69, 9.17) is 4.74 Å². The van der Waals surface area contributed by atoms with Gasteiger partial charge in [0, 0.05) is 5.56 Å². The molecule has 2 rings (SSSR count). The Morgan fingerprint density at radius 3 is 2.61 bits per heavy atom. The zero-order chi connectivity index (χ0) is 17.4.